The maximum absolute atomic E-state index is 14.0. The van der Waals surface area contributed by atoms with Crippen LogP contribution in [0.5, 0.6) is 17.2 Å². The lowest BCUT2D eigenvalue weighted by molar-refractivity contribution is -0.147. The molecule has 0 spiro atoms. The van der Waals surface area contributed by atoms with Crippen LogP contribution in [0.25, 0.3) is 0 Å². The van der Waals surface area contributed by atoms with Crippen molar-refractivity contribution in [3.8, 4) is 17.2 Å². The Morgan fingerprint density at radius 3 is 1.75 bits per heavy atom. The molecule has 1 amide bonds. The van der Waals surface area contributed by atoms with Crippen molar-refractivity contribution in [3.63, 3.8) is 0 Å². The second-order valence-corrected chi connectivity index (χ2v) is 10.8. The zero-order chi connectivity index (χ0) is 33.8. The summed E-state index contributed by atoms with van der Waals surface area (Å²) in [4.78, 5) is 27.7. The molecule has 5 aromatic carbocycles. The summed E-state index contributed by atoms with van der Waals surface area (Å²) >= 11 is 0. The van der Waals surface area contributed by atoms with E-state index in [0.29, 0.717) is 45.1 Å². The van der Waals surface area contributed by atoms with Gasteiger partial charge in [-0.25, -0.2) is 14.0 Å². The number of methoxy groups -OCH3 is 2. The molecule has 1 N–H and O–H groups in total. The molecule has 0 bridgehead atoms. The molecule has 246 valence electrons. The second-order valence-electron chi connectivity index (χ2n) is 10.8. The zero-order valence-electron chi connectivity index (χ0n) is 26.6. The lowest BCUT2D eigenvalue weighted by Crippen LogP contribution is -2.47. The van der Waals surface area contributed by atoms with Gasteiger partial charge in [-0.15, -0.1) is 0 Å². The summed E-state index contributed by atoms with van der Waals surface area (Å²) in [6, 6.07) is 38.8. The van der Waals surface area contributed by atoms with E-state index in [4.69, 9.17) is 23.7 Å². The monoisotopic (exact) mass is 649 g/mol. The van der Waals surface area contributed by atoms with Gasteiger partial charge in [0.15, 0.2) is 5.60 Å². The molecule has 0 saturated carbocycles. The molecule has 0 aliphatic heterocycles. The second kappa shape index (κ2) is 16.1. The highest BCUT2D eigenvalue weighted by Gasteiger charge is 2.41. The van der Waals surface area contributed by atoms with E-state index in [-0.39, 0.29) is 13.0 Å². The molecule has 0 unspecified atom stereocenters. The van der Waals surface area contributed by atoms with Crippen molar-refractivity contribution < 1.29 is 37.7 Å². The number of nitrogens with one attached hydrogen (secondary N) is 1. The van der Waals surface area contributed by atoms with E-state index in [1.165, 1.54) is 7.11 Å². The number of alkyl halides is 1. The third kappa shape index (κ3) is 7.93. The maximum Gasteiger partial charge on any atom is 0.409 e. The van der Waals surface area contributed by atoms with Crippen LogP contribution >= 0.6 is 0 Å². The number of benzene rings is 5. The number of alkyl carbamates (subject to hydrolysis) is 1. The molecule has 9 heteroatoms. The first-order valence-corrected chi connectivity index (χ1v) is 15.3. The molecular weight excluding hydrogens is 613 g/mol. The average Bonchev–Trinajstić information content (AvgIpc) is 3.14. The van der Waals surface area contributed by atoms with Crippen LogP contribution in [0.3, 0.4) is 0 Å². The Labute approximate surface area is 279 Å². The van der Waals surface area contributed by atoms with Gasteiger partial charge in [-0.1, -0.05) is 103 Å². The molecule has 0 heterocycles. The van der Waals surface area contributed by atoms with Gasteiger partial charge in [0.25, 0.3) is 0 Å². The highest BCUT2D eigenvalue weighted by Crippen LogP contribution is 2.40. The summed E-state index contributed by atoms with van der Waals surface area (Å²) in [6.45, 7) is -1.09. The van der Waals surface area contributed by atoms with Crippen LogP contribution in [0.2, 0.25) is 0 Å². The first kappa shape index (κ1) is 33.5. The Kier molecular flexibility index (Phi) is 11.3. The lowest BCUT2D eigenvalue weighted by atomic mass is 9.80. The topological polar surface area (TPSA) is 92.3 Å². The number of hydrogen-bond donors (Lipinski definition) is 1. The van der Waals surface area contributed by atoms with E-state index in [1.807, 2.05) is 91.0 Å². The molecule has 0 aliphatic carbocycles. The molecule has 0 saturated heterocycles. The number of halogens is 1. The van der Waals surface area contributed by atoms with Crippen molar-refractivity contribution in [2.75, 3.05) is 21.1 Å². The van der Waals surface area contributed by atoms with Crippen molar-refractivity contribution in [1.82, 2.24) is 5.32 Å². The molecule has 48 heavy (non-hydrogen) atoms. The highest BCUT2D eigenvalue weighted by atomic mass is 19.1. The standard InChI is InChI=1S/C39H36FNO7/c1-44-34-23-20-29(36(25-34)45-2)26-46-37(42)35(24-28-18-21-33(22-19-28)47-27-40)41-38(43)48-39(30-12-6-3-7-13-30,31-14-8-4-9-15-31)32-16-10-5-11-17-32/h3-23,25,35H,24,26-27H2,1-2H3,(H,41,43)/t35-/m1/s1. The van der Waals surface area contributed by atoms with E-state index in [2.05, 4.69) is 5.32 Å². The van der Waals surface area contributed by atoms with Crippen LogP contribution in [0.1, 0.15) is 27.8 Å². The van der Waals surface area contributed by atoms with Crippen molar-refractivity contribution in [3.05, 3.63) is 161 Å². The van der Waals surface area contributed by atoms with Crippen LogP contribution in [-0.4, -0.2) is 39.2 Å². The predicted octanol–water partition coefficient (Wildman–Crippen LogP) is 7.38. The molecule has 0 fully saturated rings. The Morgan fingerprint density at radius 2 is 1.25 bits per heavy atom. The molecule has 0 radical (unpaired) electrons. The summed E-state index contributed by atoms with van der Waals surface area (Å²) in [6.07, 6.45) is -0.786. The summed E-state index contributed by atoms with van der Waals surface area (Å²) in [5, 5.41) is 2.77. The first-order valence-electron chi connectivity index (χ1n) is 15.3. The van der Waals surface area contributed by atoms with Crippen molar-refractivity contribution in [2.24, 2.45) is 0 Å². The molecule has 1 atom stereocenters. The average molecular weight is 650 g/mol. The summed E-state index contributed by atoms with van der Waals surface area (Å²) in [5.41, 5.74) is 2.07. The SMILES string of the molecule is COc1ccc(COC(=O)[C@@H](Cc2ccc(OCF)cc2)NC(=O)OC(c2ccccc2)(c2ccccc2)c2ccccc2)c(OC)c1. The molecule has 0 aliphatic rings. The smallest absolute Gasteiger partial charge is 0.409 e. The third-order valence-corrected chi connectivity index (χ3v) is 7.81. The molecular formula is C39H36FNO7. The molecule has 8 nitrogen and oxygen atoms in total. The molecule has 5 aromatic rings. The van der Waals surface area contributed by atoms with Gasteiger partial charge in [-0.05, 0) is 29.8 Å². The van der Waals surface area contributed by atoms with Gasteiger partial charge in [-0.3, -0.25) is 0 Å². The van der Waals surface area contributed by atoms with Crippen LogP contribution in [0, 0.1) is 0 Å². The number of ether oxygens (including phenoxy) is 5. The number of carbonyl (C=O) groups is 2. The van der Waals surface area contributed by atoms with E-state index in [0.717, 1.165) is 0 Å². The van der Waals surface area contributed by atoms with Crippen molar-refractivity contribution in [1.29, 1.82) is 0 Å². The van der Waals surface area contributed by atoms with Gasteiger partial charge in [0.1, 0.15) is 29.9 Å². The van der Waals surface area contributed by atoms with Crippen molar-refractivity contribution >= 4 is 12.1 Å². The van der Waals surface area contributed by atoms with Gasteiger partial charge in [-0.2, -0.15) is 0 Å². The number of esters is 1. The fraction of sp³-hybridized carbons (Fsp3) is 0.179. The fourth-order valence-electron chi connectivity index (χ4n) is 5.44. The number of rotatable bonds is 14. The zero-order valence-corrected chi connectivity index (χ0v) is 26.6. The summed E-state index contributed by atoms with van der Waals surface area (Å²) < 4.78 is 40.5. The Balaban J connectivity index is 1.46. The minimum atomic E-state index is -1.36. The van der Waals surface area contributed by atoms with Gasteiger partial charge in [0.05, 0.1) is 14.2 Å². The van der Waals surface area contributed by atoms with E-state index < -0.39 is 30.6 Å². The first-order chi connectivity index (χ1) is 23.5. The number of carbonyl (C=O) groups excluding carboxylic acids is 2. The van der Waals surface area contributed by atoms with Crippen LogP contribution < -0.4 is 19.5 Å². The van der Waals surface area contributed by atoms with Gasteiger partial charge < -0.3 is 29.0 Å². The predicted molar refractivity (Wildman–Crippen MR) is 179 cm³/mol. The maximum atomic E-state index is 14.0. The largest absolute Gasteiger partial charge is 0.497 e. The highest BCUT2D eigenvalue weighted by molar-refractivity contribution is 5.82. The van der Waals surface area contributed by atoms with Gasteiger partial charge >= 0.3 is 12.1 Å². The van der Waals surface area contributed by atoms with Crippen LogP contribution in [0.4, 0.5) is 9.18 Å². The summed E-state index contributed by atoms with van der Waals surface area (Å²) in [5.74, 6) is 0.701. The van der Waals surface area contributed by atoms with E-state index in [1.54, 1.807) is 49.6 Å². The van der Waals surface area contributed by atoms with Gasteiger partial charge in [0, 0.05) is 34.7 Å². The minimum absolute atomic E-state index is 0.0542. The van der Waals surface area contributed by atoms with Crippen LogP contribution in [0.15, 0.2) is 133 Å². The quantitative estimate of drug-likeness (QED) is 0.0991. The minimum Gasteiger partial charge on any atom is -0.497 e. The number of amides is 1. The Morgan fingerprint density at radius 1 is 0.708 bits per heavy atom. The van der Waals surface area contributed by atoms with Crippen LogP contribution in [-0.2, 0) is 32.9 Å². The van der Waals surface area contributed by atoms with Gasteiger partial charge in [0.2, 0.25) is 6.86 Å². The lowest BCUT2D eigenvalue weighted by Gasteiger charge is -2.35. The fourth-order valence-corrected chi connectivity index (χ4v) is 5.44. The summed E-state index contributed by atoms with van der Waals surface area (Å²) in [7, 11) is 3.05. The number of hydrogen-bond acceptors (Lipinski definition) is 7. The normalized spacial score (nSPS) is 11.6. The Bertz CT molecular complexity index is 1670. The Hall–Kier alpha value is -5.83. The third-order valence-electron chi connectivity index (χ3n) is 7.81. The van der Waals surface area contributed by atoms with E-state index >= 15 is 0 Å². The van der Waals surface area contributed by atoms with Crippen molar-refractivity contribution in [2.45, 2.75) is 24.7 Å². The van der Waals surface area contributed by atoms with E-state index in [9.17, 15) is 14.0 Å². The molecule has 0 aromatic heterocycles. The molecule has 5 rings (SSSR count).